The van der Waals surface area contributed by atoms with Crippen molar-refractivity contribution in [2.45, 2.75) is 19.4 Å². The van der Waals surface area contributed by atoms with E-state index in [0.29, 0.717) is 43.1 Å². The molecule has 2 aliphatic rings. The number of Topliss-reactive ketones (excluding diaryl/α,β-unsaturated/α-hetero) is 1. The number of carbonyl (C=O) groups excluding carboxylic acids is 3. The van der Waals surface area contributed by atoms with Crippen molar-refractivity contribution < 1.29 is 18.8 Å². The van der Waals surface area contributed by atoms with Gasteiger partial charge in [-0.15, -0.1) is 0 Å². The summed E-state index contributed by atoms with van der Waals surface area (Å²) in [5, 5.41) is 0. The molecule has 0 N–H and O–H groups in total. The number of imide groups is 1. The summed E-state index contributed by atoms with van der Waals surface area (Å²) in [7, 11) is 0. The molecule has 1 atom stereocenters. The number of ketones is 1. The molecule has 2 heterocycles. The predicted octanol–water partition coefficient (Wildman–Crippen LogP) is 2.48. The zero-order chi connectivity index (χ0) is 20.5. The number of hydrogen-bond donors (Lipinski definition) is 0. The van der Waals surface area contributed by atoms with Gasteiger partial charge in [-0.25, -0.2) is 9.29 Å². The monoisotopic (exact) mass is 395 g/mol. The van der Waals surface area contributed by atoms with Crippen molar-refractivity contribution in [1.82, 2.24) is 4.90 Å². The smallest absolute Gasteiger partial charge is 0.251 e. The summed E-state index contributed by atoms with van der Waals surface area (Å²) in [4.78, 5) is 42.4. The van der Waals surface area contributed by atoms with Crippen molar-refractivity contribution >= 4 is 29.0 Å². The van der Waals surface area contributed by atoms with Gasteiger partial charge in [-0.05, 0) is 31.2 Å². The normalized spacial score (nSPS) is 20.4. The van der Waals surface area contributed by atoms with Gasteiger partial charge in [0.05, 0.1) is 23.8 Å². The summed E-state index contributed by atoms with van der Waals surface area (Å²) < 4.78 is 14.0. The Morgan fingerprint density at radius 3 is 2.41 bits per heavy atom. The van der Waals surface area contributed by atoms with Crippen LogP contribution < -0.4 is 9.80 Å². The molecule has 2 aliphatic heterocycles. The van der Waals surface area contributed by atoms with Gasteiger partial charge < -0.3 is 4.90 Å². The first-order valence-corrected chi connectivity index (χ1v) is 9.67. The van der Waals surface area contributed by atoms with Crippen LogP contribution in [0.5, 0.6) is 0 Å². The van der Waals surface area contributed by atoms with E-state index in [0.717, 1.165) is 0 Å². The van der Waals surface area contributed by atoms with Crippen LogP contribution in [-0.2, 0) is 9.59 Å². The summed E-state index contributed by atoms with van der Waals surface area (Å²) in [5.41, 5.74) is 1.45. The standard InChI is InChI=1S/C22H22FN3O3/c1-15(27)16-5-4-6-17(13-16)26-21(28)14-20(22(26)29)25-11-9-24(10-12-25)19-8-3-2-7-18(19)23/h2-8,13,20H,9-12,14H2,1H3/t20-/m0/s1. The molecule has 150 valence electrons. The maximum atomic E-state index is 14.0. The average molecular weight is 395 g/mol. The largest absolute Gasteiger partial charge is 0.367 e. The van der Waals surface area contributed by atoms with E-state index >= 15 is 0 Å². The first kappa shape index (κ1) is 19.3. The summed E-state index contributed by atoms with van der Waals surface area (Å²) in [6.45, 7) is 3.75. The van der Waals surface area contributed by atoms with Gasteiger partial charge in [0, 0.05) is 31.7 Å². The van der Waals surface area contributed by atoms with Gasteiger partial charge in [0.2, 0.25) is 5.91 Å². The first-order chi connectivity index (χ1) is 14.0. The fraction of sp³-hybridized carbons (Fsp3) is 0.318. The van der Waals surface area contributed by atoms with Gasteiger partial charge in [0.25, 0.3) is 5.91 Å². The van der Waals surface area contributed by atoms with Crippen molar-refractivity contribution in [3.63, 3.8) is 0 Å². The minimum absolute atomic E-state index is 0.114. The van der Waals surface area contributed by atoms with Gasteiger partial charge in [-0.2, -0.15) is 0 Å². The number of piperazine rings is 1. The van der Waals surface area contributed by atoms with E-state index < -0.39 is 6.04 Å². The van der Waals surface area contributed by atoms with Crippen LogP contribution in [0.4, 0.5) is 15.8 Å². The number of amides is 2. The Kier molecular flexibility index (Phi) is 5.15. The fourth-order valence-corrected chi connectivity index (χ4v) is 4.02. The van der Waals surface area contributed by atoms with E-state index in [4.69, 9.17) is 0 Å². The van der Waals surface area contributed by atoms with E-state index in [1.54, 1.807) is 42.5 Å². The number of anilines is 2. The molecule has 0 radical (unpaired) electrons. The van der Waals surface area contributed by atoms with Crippen LogP contribution in [0.25, 0.3) is 0 Å². The molecule has 4 rings (SSSR count). The average Bonchev–Trinajstić information content (AvgIpc) is 3.02. The molecule has 2 aromatic rings. The summed E-state index contributed by atoms with van der Waals surface area (Å²) in [6.07, 6.45) is 0.114. The van der Waals surface area contributed by atoms with Crippen molar-refractivity contribution in [2.75, 3.05) is 36.0 Å². The Labute approximate surface area is 168 Å². The van der Waals surface area contributed by atoms with Gasteiger partial charge in [0.15, 0.2) is 5.78 Å². The lowest BCUT2D eigenvalue weighted by Crippen LogP contribution is -2.52. The number of halogens is 1. The lowest BCUT2D eigenvalue weighted by Gasteiger charge is -2.38. The number of rotatable bonds is 4. The topological polar surface area (TPSA) is 60.9 Å². The van der Waals surface area contributed by atoms with E-state index in [1.165, 1.54) is 17.9 Å². The van der Waals surface area contributed by atoms with Crippen molar-refractivity contribution in [1.29, 1.82) is 0 Å². The highest BCUT2D eigenvalue weighted by atomic mass is 19.1. The summed E-state index contributed by atoms with van der Waals surface area (Å²) in [6, 6.07) is 12.7. The molecular weight excluding hydrogens is 373 g/mol. The third-order valence-electron chi connectivity index (χ3n) is 5.58. The Bertz CT molecular complexity index is 969. The molecule has 0 saturated carbocycles. The van der Waals surface area contributed by atoms with Crippen LogP contribution in [-0.4, -0.2) is 54.7 Å². The SMILES string of the molecule is CC(=O)c1cccc(N2C(=O)C[C@H](N3CCN(c4ccccc4F)CC3)C2=O)c1. The zero-order valence-electron chi connectivity index (χ0n) is 16.2. The summed E-state index contributed by atoms with van der Waals surface area (Å²) >= 11 is 0. The predicted molar refractivity (Wildman–Crippen MR) is 108 cm³/mol. The van der Waals surface area contributed by atoms with Crippen LogP contribution in [0.2, 0.25) is 0 Å². The molecule has 0 spiro atoms. The second-order valence-electron chi connectivity index (χ2n) is 7.37. The molecule has 29 heavy (non-hydrogen) atoms. The fourth-order valence-electron chi connectivity index (χ4n) is 4.02. The summed E-state index contributed by atoms with van der Waals surface area (Å²) in [5.74, 6) is -0.913. The Morgan fingerprint density at radius 2 is 1.72 bits per heavy atom. The number of nitrogens with zero attached hydrogens (tertiary/aromatic N) is 3. The van der Waals surface area contributed by atoms with E-state index in [-0.39, 0.29) is 29.8 Å². The number of para-hydroxylation sites is 1. The third-order valence-corrected chi connectivity index (χ3v) is 5.58. The maximum absolute atomic E-state index is 14.0. The van der Waals surface area contributed by atoms with Crippen molar-refractivity contribution in [3.05, 3.63) is 59.9 Å². The molecule has 7 heteroatoms. The molecule has 2 saturated heterocycles. The van der Waals surface area contributed by atoms with Gasteiger partial charge in [0.1, 0.15) is 5.82 Å². The van der Waals surface area contributed by atoms with Crippen molar-refractivity contribution in [2.24, 2.45) is 0 Å². The molecule has 0 aromatic heterocycles. The molecule has 2 amide bonds. The highest BCUT2D eigenvalue weighted by Gasteiger charge is 2.43. The van der Waals surface area contributed by atoms with E-state index in [2.05, 4.69) is 0 Å². The van der Waals surface area contributed by atoms with E-state index in [9.17, 15) is 18.8 Å². The molecule has 0 bridgehead atoms. The van der Waals surface area contributed by atoms with Gasteiger partial charge in [-0.3, -0.25) is 19.3 Å². The molecule has 6 nitrogen and oxygen atoms in total. The molecule has 0 aliphatic carbocycles. The number of hydrogen-bond acceptors (Lipinski definition) is 5. The van der Waals surface area contributed by atoms with Crippen LogP contribution in [0.15, 0.2) is 48.5 Å². The lowest BCUT2D eigenvalue weighted by molar-refractivity contribution is -0.123. The van der Waals surface area contributed by atoms with Crippen LogP contribution in [0.1, 0.15) is 23.7 Å². The van der Waals surface area contributed by atoms with Crippen LogP contribution in [0, 0.1) is 5.82 Å². The second-order valence-corrected chi connectivity index (χ2v) is 7.37. The second kappa shape index (κ2) is 7.75. The molecule has 2 aromatic carbocycles. The highest BCUT2D eigenvalue weighted by Crippen LogP contribution is 2.28. The Morgan fingerprint density at radius 1 is 1.00 bits per heavy atom. The van der Waals surface area contributed by atoms with Gasteiger partial charge in [-0.1, -0.05) is 24.3 Å². The first-order valence-electron chi connectivity index (χ1n) is 9.67. The Hall–Kier alpha value is -3.06. The van der Waals surface area contributed by atoms with Crippen molar-refractivity contribution in [3.8, 4) is 0 Å². The molecule has 0 unspecified atom stereocenters. The number of benzene rings is 2. The third kappa shape index (κ3) is 3.65. The quantitative estimate of drug-likeness (QED) is 0.588. The van der Waals surface area contributed by atoms with Gasteiger partial charge >= 0.3 is 0 Å². The minimum Gasteiger partial charge on any atom is -0.367 e. The maximum Gasteiger partial charge on any atom is 0.251 e. The molecular formula is C22H22FN3O3. The minimum atomic E-state index is -0.522. The zero-order valence-corrected chi connectivity index (χ0v) is 16.2. The number of carbonyl (C=O) groups is 3. The highest BCUT2D eigenvalue weighted by molar-refractivity contribution is 6.22. The van der Waals surface area contributed by atoms with E-state index in [1.807, 2.05) is 9.80 Å². The van der Waals surface area contributed by atoms with Crippen LogP contribution in [0.3, 0.4) is 0 Å². The van der Waals surface area contributed by atoms with Crippen LogP contribution >= 0.6 is 0 Å². The molecule has 2 fully saturated rings. The Balaban J connectivity index is 1.47. The lowest BCUT2D eigenvalue weighted by atomic mass is 10.1.